The predicted octanol–water partition coefficient (Wildman–Crippen LogP) is 2.79. The third-order valence-electron chi connectivity index (χ3n) is 0.0607. The minimum Gasteiger partial charge on any atom is -0.0645 e. The van der Waals surface area contributed by atoms with Crippen molar-refractivity contribution in [1.82, 2.24) is 0 Å². The minimum absolute atomic E-state index is 0.961. The molecule has 0 amide bonds. The van der Waals surface area contributed by atoms with E-state index in [0.29, 0.717) is 0 Å². The second-order valence-corrected chi connectivity index (χ2v) is 5.41. The van der Waals surface area contributed by atoms with Gasteiger partial charge in [0, 0.05) is 21.2 Å². The zero-order chi connectivity index (χ0) is 4.28. The van der Waals surface area contributed by atoms with Crippen LogP contribution in [0.3, 0.4) is 0 Å². The first-order valence-corrected chi connectivity index (χ1v) is 5.60. The van der Waals surface area contributed by atoms with E-state index in [1.54, 1.807) is 8.93 Å². The van der Waals surface area contributed by atoms with Crippen LogP contribution in [0.15, 0.2) is 0 Å². The first-order valence-electron chi connectivity index (χ1n) is 0.752. The Kier molecular flexibility index (Phi) is 5.62. The molecule has 4 heteroatoms. The average molecular weight is 330 g/mol. The highest BCUT2D eigenvalue weighted by molar-refractivity contribution is 14.2. The Labute approximate surface area is 66.2 Å². The van der Waals surface area contributed by atoms with Crippen molar-refractivity contribution in [3.8, 4) is 0 Å². The van der Waals surface area contributed by atoms with Crippen molar-refractivity contribution in [2.24, 2.45) is 0 Å². The average Bonchev–Trinajstić information content (AvgIpc) is 1.38. The monoisotopic (exact) mass is 330 g/mol. The van der Waals surface area contributed by atoms with Crippen LogP contribution >= 0.6 is 64.9 Å². The standard InChI is InChI=1S/CI2S2/c2-1(4)5-3. The smallest absolute Gasteiger partial charge is 0.0645 e. The number of hydrogen-bond donors (Lipinski definition) is 0. The molecule has 30 valence electrons. The molecule has 0 rings (SSSR count). The zero-order valence-electron chi connectivity index (χ0n) is 2.07. The maximum Gasteiger partial charge on any atom is 0.119 e. The zero-order valence-corrected chi connectivity index (χ0v) is 8.02. The predicted molar refractivity (Wildman–Crippen MR) is 48.2 cm³/mol. The summed E-state index contributed by atoms with van der Waals surface area (Å²) in [5.74, 6) is 0. The van der Waals surface area contributed by atoms with Crippen LogP contribution in [0.1, 0.15) is 0 Å². The molecule has 0 unspecified atom stereocenters. The maximum atomic E-state index is 4.64. The maximum absolute atomic E-state index is 4.64. The molecule has 0 radical (unpaired) electrons. The number of halogens is 2. The van der Waals surface area contributed by atoms with Crippen LogP contribution < -0.4 is 0 Å². The van der Waals surface area contributed by atoms with Crippen LogP contribution in [0.5, 0.6) is 0 Å². The van der Waals surface area contributed by atoms with Gasteiger partial charge in [-0.15, -0.1) is 0 Å². The molecular weight excluding hydrogens is 330 g/mol. The van der Waals surface area contributed by atoms with Gasteiger partial charge in [0.05, 0.1) is 0 Å². The summed E-state index contributed by atoms with van der Waals surface area (Å²) in [7, 11) is 1.57. The summed E-state index contributed by atoms with van der Waals surface area (Å²) in [6.45, 7) is 0. The lowest BCUT2D eigenvalue weighted by Crippen LogP contribution is -1.50. The van der Waals surface area contributed by atoms with E-state index >= 15 is 0 Å². The fraction of sp³-hybridized carbons (Fsp3) is 0. The van der Waals surface area contributed by atoms with Crippen molar-refractivity contribution in [2.75, 3.05) is 0 Å². The summed E-state index contributed by atoms with van der Waals surface area (Å²) in [6, 6.07) is 0. The van der Waals surface area contributed by atoms with E-state index in [1.807, 2.05) is 0 Å². The molecule has 0 nitrogen and oxygen atoms in total. The highest BCUT2D eigenvalue weighted by atomic mass is 127. The molecule has 0 aromatic heterocycles. The van der Waals surface area contributed by atoms with E-state index < -0.39 is 0 Å². The van der Waals surface area contributed by atoms with Crippen molar-refractivity contribution < 1.29 is 0 Å². The lowest BCUT2D eigenvalue weighted by Gasteiger charge is -1.70. The van der Waals surface area contributed by atoms with Gasteiger partial charge in [0.2, 0.25) is 0 Å². The summed E-state index contributed by atoms with van der Waals surface area (Å²) >= 11 is 8.88. The lowest BCUT2D eigenvalue weighted by atomic mass is 11.9. The van der Waals surface area contributed by atoms with Gasteiger partial charge >= 0.3 is 0 Å². The van der Waals surface area contributed by atoms with Gasteiger partial charge in [0.1, 0.15) is 2.20 Å². The van der Waals surface area contributed by atoms with Crippen molar-refractivity contribution in [1.29, 1.82) is 0 Å². The molecule has 0 N–H and O–H groups in total. The van der Waals surface area contributed by atoms with Crippen molar-refractivity contribution >= 4 is 67.2 Å². The van der Waals surface area contributed by atoms with E-state index in [0.717, 1.165) is 2.20 Å². The molecule has 0 saturated heterocycles. The molecule has 0 heterocycles. The van der Waals surface area contributed by atoms with Crippen LogP contribution in [0.2, 0.25) is 0 Å². The van der Waals surface area contributed by atoms with E-state index in [-0.39, 0.29) is 0 Å². The number of thiocarbonyl (C=S) groups is 1. The normalized spacial score (nSPS) is 7.60. The summed E-state index contributed by atoms with van der Waals surface area (Å²) < 4.78 is 0.961. The molecule has 0 saturated carbocycles. The molecule has 0 fully saturated rings. The highest BCUT2D eigenvalue weighted by Gasteiger charge is 1.77. The van der Waals surface area contributed by atoms with Crippen LogP contribution in [-0.4, -0.2) is 2.20 Å². The molecule has 0 aliphatic heterocycles. The van der Waals surface area contributed by atoms with Gasteiger partial charge in [-0.2, -0.15) is 0 Å². The van der Waals surface area contributed by atoms with Crippen molar-refractivity contribution in [2.45, 2.75) is 0 Å². The summed E-state index contributed by atoms with van der Waals surface area (Å²) in [4.78, 5) is 0. The molecule has 0 spiro atoms. The second-order valence-electron chi connectivity index (χ2n) is 0.315. The SMILES string of the molecule is S=C(I)SI. The fourth-order valence-electron chi connectivity index (χ4n) is 0. The lowest BCUT2D eigenvalue weighted by molar-refractivity contribution is 4.42. The number of hydrogen-bond acceptors (Lipinski definition) is 2. The van der Waals surface area contributed by atoms with Gasteiger partial charge in [-0.25, -0.2) is 0 Å². The van der Waals surface area contributed by atoms with Gasteiger partial charge in [0.25, 0.3) is 0 Å². The summed E-state index contributed by atoms with van der Waals surface area (Å²) in [5, 5.41) is 0. The topological polar surface area (TPSA) is 0 Å². The Hall–Kier alpha value is 1.90. The van der Waals surface area contributed by atoms with E-state index in [2.05, 4.69) is 56.0 Å². The molecule has 0 bridgehead atoms. The Morgan fingerprint density at radius 1 is 1.80 bits per heavy atom. The molecule has 0 aliphatic rings. The van der Waals surface area contributed by atoms with Gasteiger partial charge in [-0.05, 0) is 31.5 Å². The van der Waals surface area contributed by atoms with Crippen molar-refractivity contribution in [3.05, 3.63) is 0 Å². The third-order valence-corrected chi connectivity index (χ3v) is 5.84. The van der Waals surface area contributed by atoms with Gasteiger partial charge in [0.15, 0.2) is 0 Å². The third kappa shape index (κ3) is 5.90. The van der Waals surface area contributed by atoms with Crippen LogP contribution in [-0.2, 0) is 0 Å². The van der Waals surface area contributed by atoms with Gasteiger partial charge in [-0.3, -0.25) is 0 Å². The Bertz CT molecular complexity index is 42.9. The first kappa shape index (κ1) is 6.90. The quantitative estimate of drug-likeness (QED) is 0.381. The largest absolute Gasteiger partial charge is 0.119 e. The Balaban J connectivity index is 2.85. The summed E-state index contributed by atoms with van der Waals surface area (Å²) in [6.07, 6.45) is 0. The summed E-state index contributed by atoms with van der Waals surface area (Å²) in [5.41, 5.74) is 0. The van der Waals surface area contributed by atoms with Crippen molar-refractivity contribution in [3.63, 3.8) is 0 Å². The minimum atomic E-state index is 0.961. The Morgan fingerprint density at radius 3 is 2.00 bits per heavy atom. The van der Waals surface area contributed by atoms with Gasteiger partial charge < -0.3 is 0 Å². The second kappa shape index (κ2) is 4.07. The molecule has 0 atom stereocenters. The molecular formula is CI2S2. The first-order chi connectivity index (χ1) is 2.27. The van der Waals surface area contributed by atoms with E-state index in [1.165, 1.54) is 0 Å². The van der Waals surface area contributed by atoms with Crippen LogP contribution in [0, 0.1) is 0 Å². The van der Waals surface area contributed by atoms with Crippen LogP contribution in [0.25, 0.3) is 0 Å². The molecule has 0 aromatic rings. The fourth-order valence-corrected chi connectivity index (χ4v) is 0. The van der Waals surface area contributed by atoms with E-state index in [4.69, 9.17) is 0 Å². The van der Waals surface area contributed by atoms with Gasteiger partial charge in [-0.1, -0.05) is 12.2 Å². The molecule has 0 aromatic carbocycles. The Morgan fingerprint density at radius 2 is 2.00 bits per heavy atom. The number of rotatable bonds is 0. The van der Waals surface area contributed by atoms with Crippen LogP contribution in [0.4, 0.5) is 0 Å². The highest BCUT2D eigenvalue weighted by Crippen LogP contribution is 2.17. The molecule has 0 aliphatic carbocycles. The molecule has 5 heavy (non-hydrogen) atoms. The van der Waals surface area contributed by atoms with E-state index in [9.17, 15) is 0 Å².